The minimum atomic E-state index is -0.199. The maximum absolute atomic E-state index is 14.0. The van der Waals surface area contributed by atoms with E-state index in [2.05, 4.69) is 59.4 Å². The highest BCUT2D eigenvalue weighted by molar-refractivity contribution is 7.15. The van der Waals surface area contributed by atoms with Crippen molar-refractivity contribution >= 4 is 23.1 Å². The molecule has 1 unspecified atom stereocenters. The average molecular weight is 484 g/mol. The lowest BCUT2D eigenvalue weighted by atomic mass is 9.95. The van der Waals surface area contributed by atoms with Crippen LogP contribution in [0.3, 0.4) is 0 Å². The quantitative estimate of drug-likeness (QED) is 0.346. The summed E-state index contributed by atoms with van der Waals surface area (Å²) in [6.45, 7) is 2.67. The van der Waals surface area contributed by atoms with Crippen molar-refractivity contribution in [1.29, 1.82) is 0 Å². The van der Waals surface area contributed by atoms with E-state index in [-0.39, 0.29) is 12.1 Å². The number of ether oxygens (including phenoxy) is 1. The van der Waals surface area contributed by atoms with Crippen molar-refractivity contribution < 1.29 is 9.53 Å². The fraction of sp³-hybridized carbons (Fsp3) is 0.276. The predicted octanol–water partition coefficient (Wildman–Crippen LogP) is 6.87. The van der Waals surface area contributed by atoms with E-state index < -0.39 is 0 Å². The molecule has 4 aromatic rings. The van der Waals surface area contributed by atoms with Crippen LogP contribution in [0.5, 0.6) is 5.75 Å². The number of aromatic nitrogens is 1. The number of methoxy groups -OCH3 is 1. The molecule has 6 heteroatoms. The van der Waals surface area contributed by atoms with Gasteiger partial charge in [-0.2, -0.15) is 0 Å². The number of amides is 2. The first-order chi connectivity index (χ1) is 17.1. The molecule has 2 aromatic carbocycles. The third-order valence-electron chi connectivity index (χ3n) is 7.15. The first-order valence-electron chi connectivity index (χ1n) is 12.2. The first kappa shape index (κ1) is 22.0. The van der Waals surface area contributed by atoms with Gasteiger partial charge in [-0.15, -0.1) is 11.3 Å². The summed E-state index contributed by atoms with van der Waals surface area (Å²) in [5.41, 5.74) is 6.92. The molecule has 178 valence electrons. The van der Waals surface area contributed by atoms with Crippen LogP contribution >= 0.6 is 11.3 Å². The summed E-state index contributed by atoms with van der Waals surface area (Å²) in [4.78, 5) is 17.5. The van der Waals surface area contributed by atoms with Gasteiger partial charge in [-0.1, -0.05) is 35.9 Å². The highest BCUT2D eigenvalue weighted by Gasteiger charge is 2.36. The molecule has 5 nitrogen and oxygen atoms in total. The molecule has 2 aromatic heterocycles. The number of hydrogen-bond donors (Lipinski definition) is 1. The van der Waals surface area contributed by atoms with Crippen LogP contribution in [0, 0.1) is 6.92 Å². The summed E-state index contributed by atoms with van der Waals surface area (Å²) in [5, 5.41) is 4.42. The number of carbonyl (C=O) groups excluding carboxylic acids is 1. The van der Waals surface area contributed by atoms with Gasteiger partial charge >= 0.3 is 6.03 Å². The Morgan fingerprint density at radius 3 is 2.69 bits per heavy atom. The summed E-state index contributed by atoms with van der Waals surface area (Å²) < 4.78 is 7.69. The SMILES string of the molecule is COc1cccc(NC(=O)N2Cc3c(sc4c3CCCC4)-n3cccc3C2c2ccc(C)cc2)c1. The molecule has 0 saturated carbocycles. The molecule has 0 spiro atoms. The summed E-state index contributed by atoms with van der Waals surface area (Å²) in [6.07, 6.45) is 6.85. The molecule has 6 rings (SSSR count). The molecule has 0 saturated heterocycles. The van der Waals surface area contributed by atoms with Gasteiger partial charge in [0, 0.05) is 28.4 Å². The minimum absolute atomic E-state index is 0.111. The van der Waals surface area contributed by atoms with E-state index >= 15 is 0 Å². The molecular formula is C29H29N3O2S. The van der Waals surface area contributed by atoms with Crippen molar-refractivity contribution in [3.8, 4) is 10.8 Å². The Labute approximate surface area is 210 Å². The number of aryl methyl sites for hydroxylation is 2. The number of rotatable bonds is 3. The fourth-order valence-corrected chi connectivity index (χ4v) is 6.79. The number of thiophene rings is 1. The van der Waals surface area contributed by atoms with Gasteiger partial charge in [-0.05, 0) is 68.0 Å². The molecule has 3 heterocycles. The number of nitrogens with zero attached hydrogens (tertiary/aromatic N) is 2. The van der Waals surface area contributed by atoms with Crippen LogP contribution in [0.1, 0.15) is 51.7 Å². The molecule has 1 atom stereocenters. The summed E-state index contributed by atoms with van der Waals surface area (Å²) in [6, 6.07) is 20.0. The van der Waals surface area contributed by atoms with Crippen LogP contribution in [0.25, 0.3) is 5.00 Å². The van der Waals surface area contributed by atoms with Crippen LogP contribution in [-0.4, -0.2) is 22.6 Å². The lowest BCUT2D eigenvalue weighted by Gasteiger charge is -2.31. The monoisotopic (exact) mass is 483 g/mol. The number of nitrogens with one attached hydrogen (secondary N) is 1. The van der Waals surface area contributed by atoms with E-state index in [1.54, 1.807) is 7.11 Å². The summed E-state index contributed by atoms with van der Waals surface area (Å²) >= 11 is 1.91. The van der Waals surface area contributed by atoms with Crippen molar-refractivity contribution in [2.24, 2.45) is 0 Å². The zero-order chi connectivity index (χ0) is 23.9. The van der Waals surface area contributed by atoms with Crippen LogP contribution < -0.4 is 10.1 Å². The Morgan fingerprint density at radius 2 is 1.86 bits per heavy atom. The fourth-order valence-electron chi connectivity index (χ4n) is 5.38. The molecule has 35 heavy (non-hydrogen) atoms. The third-order valence-corrected chi connectivity index (χ3v) is 8.49. The lowest BCUT2D eigenvalue weighted by Crippen LogP contribution is -2.38. The highest BCUT2D eigenvalue weighted by Crippen LogP contribution is 2.44. The van der Waals surface area contributed by atoms with Crippen LogP contribution in [-0.2, 0) is 19.4 Å². The number of fused-ring (bicyclic) bond motifs is 5. The van der Waals surface area contributed by atoms with Gasteiger partial charge in [0.2, 0.25) is 0 Å². The number of hydrogen-bond acceptors (Lipinski definition) is 3. The molecule has 0 fully saturated rings. The zero-order valence-corrected chi connectivity index (χ0v) is 20.9. The molecule has 1 aliphatic carbocycles. The summed E-state index contributed by atoms with van der Waals surface area (Å²) in [7, 11) is 1.64. The van der Waals surface area contributed by atoms with E-state index in [4.69, 9.17) is 4.74 Å². The van der Waals surface area contributed by atoms with E-state index in [1.165, 1.54) is 39.4 Å². The Kier molecular flexibility index (Phi) is 5.61. The van der Waals surface area contributed by atoms with Crippen LogP contribution in [0.4, 0.5) is 10.5 Å². The average Bonchev–Trinajstić information content (AvgIpc) is 3.47. The number of urea groups is 1. The molecule has 1 N–H and O–H groups in total. The van der Waals surface area contributed by atoms with Crippen LogP contribution in [0.2, 0.25) is 0 Å². The molecule has 0 radical (unpaired) electrons. The minimum Gasteiger partial charge on any atom is -0.497 e. The van der Waals surface area contributed by atoms with Gasteiger partial charge in [0.05, 0.1) is 25.4 Å². The number of benzene rings is 2. The Hall–Kier alpha value is -3.51. The van der Waals surface area contributed by atoms with E-state index in [0.717, 1.165) is 35.5 Å². The predicted molar refractivity (Wildman–Crippen MR) is 141 cm³/mol. The molecular weight excluding hydrogens is 454 g/mol. The van der Waals surface area contributed by atoms with Gasteiger partial charge in [-0.25, -0.2) is 4.79 Å². The van der Waals surface area contributed by atoms with Crippen molar-refractivity contribution in [2.45, 2.75) is 45.2 Å². The Balaban J connectivity index is 1.48. The largest absolute Gasteiger partial charge is 0.497 e. The van der Waals surface area contributed by atoms with Gasteiger partial charge in [0.25, 0.3) is 0 Å². The zero-order valence-electron chi connectivity index (χ0n) is 20.1. The van der Waals surface area contributed by atoms with E-state index in [1.807, 2.05) is 40.5 Å². The van der Waals surface area contributed by atoms with Gasteiger partial charge in [0.1, 0.15) is 10.8 Å². The van der Waals surface area contributed by atoms with Crippen molar-refractivity contribution in [1.82, 2.24) is 9.47 Å². The second kappa shape index (κ2) is 8.93. The second-order valence-corrected chi connectivity index (χ2v) is 10.5. The summed E-state index contributed by atoms with van der Waals surface area (Å²) in [5.74, 6) is 0.719. The highest BCUT2D eigenvalue weighted by atomic mass is 32.1. The topological polar surface area (TPSA) is 46.5 Å². The van der Waals surface area contributed by atoms with Crippen molar-refractivity contribution in [3.63, 3.8) is 0 Å². The molecule has 0 bridgehead atoms. The molecule has 2 amide bonds. The van der Waals surface area contributed by atoms with Crippen molar-refractivity contribution in [3.05, 3.63) is 99.7 Å². The molecule has 2 aliphatic rings. The number of anilines is 1. The van der Waals surface area contributed by atoms with Crippen molar-refractivity contribution in [2.75, 3.05) is 12.4 Å². The van der Waals surface area contributed by atoms with E-state index in [0.29, 0.717) is 6.54 Å². The van der Waals surface area contributed by atoms with E-state index in [9.17, 15) is 4.79 Å². The van der Waals surface area contributed by atoms with Crippen LogP contribution in [0.15, 0.2) is 66.9 Å². The van der Waals surface area contributed by atoms with Gasteiger partial charge < -0.3 is 19.5 Å². The first-order valence-corrected chi connectivity index (χ1v) is 13.0. The normalized spacial score (nSPS) is 16.6. The third kappa shape index (κ3) is 3.92. The smallest absolute Gasteiger partial charge is 0.322 e. The maximum atomic E-state index is 14.0. The lowest BCUT2D eigenvalue weighted by molar-refractivity contribution is 0.194. The Bertz CT molecular complexity index is 1390. The maximum Gasteiger partial charge on any atom is 0.322 e. The van der Waals surface area contributed by atoms with Gasteiger partial charge in [0.15, 0.2) is 0 Å². The second-order valence-electron chi connectivity index (χ2n) is 9.40. The number of carbonyl (C=O) groups is 1. The Morgan fingerprint density at radius 1 is 1.03 bits per heavy atom. The van der Waals surface area contributed by atoms with Gasteiger partial charge in [-0.3, -0.25) is 0 Å². The molecule has 1 aliphatic heterocycles. The standard InChI is InChI=1S/C29H29N3O2S/c1-19-12-14-20(15-13-19)27-25-10-6-16-31(25)28-24(23-9-3-4-11-26(23)35-28)18-32(27)29(33)30-21-7-5-8-22(17-21)34-2/h5-8,10,12-17,27H,3-4,9,11,18H2,1-2H3,(H,30,33).